The fourth-order valence-corrected chi connectivity index (χ4v) is 4.36. The summed E-state index contributed by atoms with van der Waals surface area (Å²) < 4.78 is 12.9. The average molecular weight is 409 g/mol. The monoisotopic (exact) mass is 408 g/mol. The average Bonchev–Trinajstić information content (AvgIpc) is 3.40. The van der Waals surface area contributed by atoms with E-state index in [2.05, 4.69) is 53.8 Å². The topological polar surface area (TPSA) is 70.9 Å². The van der Waals surface area contributed by atoms with E-state index in [9.17, 15) is 0 Å². The van der Waals surface area contributed by atoms with Crippen LogP contribution in [0.2, 0.25) is 0 Å². The normalized spacial score (nSPS) is 21.5. The largest absolute Gasteiger partial charge is 0.454 e. The molecule has 3 heterocycles. The van der Waals surface area contributed by atoms with E-state index >= 15 is 0 Å². The molecule has 1 fully saturated rings. The Hall–Kier alpha value is -2.97. The second kappa shape index (κ2) is 8.04. The van der Waals surface area contributed by atoms with Gasteiger partial charge in [0.2, 0.25) is 12.6 Å². The van der Waals surface area contributed by atoms with Crippen molar-refractivity contribution in [3.8, 4) is 11.5 Å². The number of hydrogen-bond acceptors (Lipinski definition) is 5. The lowest BCUT2D eigenvalue weighted by atomic mass is 10.0. The van der Waals surface area contributed by atoms with E-state index in [0.29, 0.717) is 6.54 Å². The molecule has 0 aliphatic carbocycles. The van der Waals surface area contributed by atoms with Crippen molar-refractivity contribution < 1.29 is 19.3 Å². The predicted molar refractivity (Wildman–Crippen MR) is 110 cm³/mol. The van der Waals surface area contributed by atoms with Gasteiger partial charge in [-0.05, 0) is 35.0 Å². The number of likely N-dealkylation sites (N-methyl/N-ethyl adjacent to an activating group) is 1. The number of benzene rings is 2. The molecule has 0 saturated carbocycles. The first-order chi connectivity index (χ1) is 14.7. The standard InChI is InChI=1S/C22H26N6O2/c1-16-3-6-18(7-4-16)21(27-11-9-26(2)10-12-27)22-23-24-25-28(22)14-17-5-8-19-20(13-17)30-15-29-19/h3-8,13,21H,9-12,14-15H2,1-2H3/p+2/t21-/m1/s1. The van der Waals surface area contributed by atoms with Gasteiger partial charge < -0.3 is 19.3 Å². The van der Waals surface area contributed by atoms with Gasteiger partial charge in [0.25, 0.3) is 0 Å². The van der Waals surface area contributed by atoms with Gasteiger partial charge in [-0.1, -0.05) is 35.9 Å². The summed E-state index contributed by atoms with van der Waals surface area (Å²) in [5, 5.41) is 12.9. The lowest BCUT2D eigenvalue weighted by Crippen LogP contribution is -3.27. The third kappa shape index (κ3) is 3.76. The summed E-state index contributed by atoms with van der Waals surface area (Å²) in [6, 6.07) is 14.9. The van der Waals surface area contributed by atoms with Crippen molar-refractivity contribution in [1.82, 2.24) is 20.2 Å². The number of quaternary nitrogens is 2. The molecular formula is C22H28N6O2+2. The van der Waals surface area contributed by atoms with Crippen molar-refractivity contribution in [2.45, 2.75) is 19.5 Å². The molecule has 0 bridgehead atoms. The molecule has 30 heavy (non-hydrogen) atoms. The van der Waals surface area contributed by atoms with Crippen LogP contribution in [0.5, 0.6) is 11.5 Å². The van der Waals surface area contributed by atoms with Crippen LogP contribution >= 0.6 is 0 Å². The van der Waals surface area contributed by atoms with Crippen molar-refractivity contribution in [3.63, 3.8) is 0 Å². The van der Waals surface area contributed by atoms with E-state index in [0.717, 1.165) is 49.1 Å². The van der Waals surface area contributed by atoms with Crippen LogP contribution in [0.25, 0.3) is 0 Å². The van der Waals surface area contributed by atoms with Crippen LogP contribution in [0.1, 0.15) is 28.6 Å². The number of ether oxygens (including phenoxy) is 2. The van der Waals surface area contributed by atoms with E-state index in [1.165, 1.54) is 16.0 Å². The van der Waals surface area contributed by atoms with Crippen LogP contribution in [0.3, 0.4) is 0 Å². The Balaban J connectivity index is 1.47. The minimum Gasteiger partial charge on any atom is -0.454 e. The second-order valence-electron chi connectivity index (χ2n) is 8.34. The highest BCUT2D eigenvalue weighted by atomic mass is 16.7. The van der Waals surface area contributed by atoms with Crippen molar-refractivity contribution >= 4 is 0 Å². The van der Waals surface area contributed by atoms with E-state index in [-0.39, 0.29) is 12.8 Å². The minimum atomic E-state index is 0.114. The van der Waals surface area contributed by atoms with Crippen molar-refractivity contribution in [2.75, 3.05) is 40.0 Å². The fraction of sp³-hybridized carbons (Fsp3) is 0.409. The number of nitrogens with one attached hydrogen (secondary N) is 2. The van der Waals surface area contributed by atoms with Gasteiger partial charge in [0, 0.05) is 5.56 Å². The summed E-state index contributed by atoms with van der Waals surface area (Å²) in [5.74, 6) is 2.48. The highest BCUT2D eigenvalue weighted by molar-refractivity contribution is 5.44. The number of rotatable bonds is 5. The van der Waals surface area contributed by atoms with Crippen LogP contribution in [-0.4, -0.2) is 60.2 Å². The molecule has 5 rings (SSSR count). The zero-order chi connectivity index (χ0) is 20.5. The third-order valence-corrected chi connectivity index (χ3v) is 6.15. The lowest BCUT2D eigenvalue weighted by Gasteiger charge is -2.32. The summed E-state index contributed by atoms with van der Waals surface area (Å²) in [4.78, 5) is 3.10. The molecule has 1 atom stereocenters. The number of piperazine rings is 1. The summed E-state index contributed by atoms with van der Waals surface area (Å²) in [6.45, 7) is 7.50. The van der Waals surface area contributed by atoms with Gasteiger partial charge in [0.05, 0.1) is 13.6 Å². The fourth-order valence-electron chi connectivity index (χ4n) is 4.36. The Bertz CT molecular complexity index is 1010. The first kappa shape index (κ1) is 19.0. The van der Waals surface area contributed by atoms with Gasteiger partial charge in [0.15, 0.2) is 17.5 Å². The van der Waals surface area contributed by atoms with Gasteiger partial charge >= 0.3 is 0 Å². The van der Waals surface area contributed by atoms with Crippen LogP contribution in [0.15, 0.2) is 42.5 Å². The van der Waals surface area contributed by atoms with E-state index in [4.69, 9.17) is 9.47 Å². The maximum absolute atomic E-state index is 5.53. The van der Waals surface area contributed by atoms with Gasteiger partial charge in [-0.25, -0.2) is 4.68 Å². The zero-order valence-electron chi connectivity index (χ0n) is 17.5. The van der Waals surface area contributed by atoms with E-state index in [1.807, 2.05) is 22.9 Å². The van der Waals surface area contributed by atoms with Crippen molar-refractivity contribution in [3.05, 3.63) is 65.0 Å². The van der Waals surface area contributed by atoms with Crippen LogP contribution in [0, 0.1) is 6.92 Å². The van der Waals surface area contributed by atoms with Crippen molar-refractivity contribution in [2.24, 2.45) is 0 Å². The minimum absolute atomic E-state index is 0.114. The highest BCUT2D eigenvalue weighted by Crippen LogP contribution is 2.32. The maximum Gasteiger partial charge on any atom is 0.231 e. The quantitative estimate of drug-likeness (QED) is 0.582. The van der Waals surface area contributed by atoms with Crippen molar-refractivity contribution in [1.29, 1.82) is 0 Å². The molecule has 2 N–H and O–H groups in total. The first-order valence-corrected chi connectivity index (χ1v) is 10.5. The van der Waals surface area contributed by atoms with Crippen LogP contribution in [0.4, 0.5) is 0 Å². The molecule has 0 unspecified atom stereocenters. The van der Waals surface area contributed by atoms with Gasteiger partial charge in [0.1, 0.15) is 26.2 Å². The molecule has 2 aliphatic rings. The maximum atomic E-state index is 5.53. The van der Waals surface area contributed by atoms with Crippen LogP contribution < -0.4 is 19.3 Å². The summed E-state index contributed by atoms with van der Waals surface area (Å²) in [6.07, 6.45) is 0. The molecule has 1 saturated heterocycles. The summed E-state index contributed by atoms with van der Waals surface area (Å²) in [5.41, 5.74) is 3.61. The van der Waals surface area contributed by atoms with Crippen LogP contribution in [-0.2, 0) is 6.54 Å². The number of hydrogen-bond donors (Lipinski definition) is 2. The molecular weight excluding hydrogens is 380 g/mol. The predicted octanol–water partition coefficient (Wildman–Crippen LogP) is -0.739. The summed E-state index contributed by atoms with van der Waals surface area (Å²) >= 11 is 0. The molecule has 0 spiro atoms. The Labute approximate surface area is 176 Å². The number of fused-ring (bicyclic) bond motifs is 1. The van der Waals surface area contributed by atoms with E-state index < -0.39 is 0 Å². The number of tetrazole rings is 1. The number of aromatic nitrogens is 4. The zero-order valence-corrected chi connectivity index (χ0v) is 17.5. The Kier molecular flexibility index (Phi) is 5.10. The molecule has 156 valence electrons. The molecule has 3 aromatic rings. The molecule has 0 radical (unpaired) electrons. The molecule has 2 aliphatic heterocycles. The molecule has 8 nitrogen and oxygen atoms in total. The van der Waals surface area contributed by atoms with Gasteiger partial charge in [-0.15, -0.1) is 5.10 Å². The molecule has 8 heteroatoms. The molecule has 1 aromatic heterocycles. The second-order valence-corrected chi connectivity index (χ2v) is 8.34. The third-order valence-electron chi connectivity index (χ3n) is 6.15. The SMILES string of the molecule is Cc1ccc([C@H](c2nnnn2Cc2ccc3c(c2)OCO3)[NH+]2CC[NH+](C)CC2)cc1. The first-order valence-electron chi connectivity index (χ1n) is 10.5. The molecule has 2 aromatic carbocycles. The number of aryl methyl sites for hydroxylation is 1. The van der Waals surface area contributed by atoms with E-state index in [1.54, 1.807) is 4.90 Å². The Morgan fingerprint density at radius 2 is 1.77 bits per heavy atom. The Morgan fingerprint density at radius 1 is 1.00 bits per heavy atom. The van der Waals surface area contributed by atoms with Gasteiger partial charge in [-0.3, -0.25) is 0 Å². The number of nitrogens with zero attached hydrogens (tertiary/aromatic N) is 4. The molecule has 0 amide bonds. The lowest BCUT2D eigenvalue weighted by molar-refractivity contribution is -1.02. The highest BCUT2D eigenvalue weighted by Gasteiger charge is 2.34. The Morgan fingerprint density at radius 3 is 2.57 bits per heavy atom. The summed E-state index contributed by atoms with van der Waals surface area (Å²) in [7, 11) is 2.27. The van der Waals surface area contributed by atoms with Gasteiger partial charge in [-0.2, -0.15) is 0 Å². The smallest absolute Gasteiger partial charge is 0.231 e.